The molecule has 3 heteroatoms. The van der Waals surface area contributed by atoms with Crippen molar-refractivity contribution in [2.24, 2.45) is 0 Å². The van der Waals surface area contributed by atoms with Gasteiger partial charge in [-0.1, -0.05) is 12.1 Å². The number of fused-ring (bicyclic) bond motifs is 1. The second kappa shape index (κ2) is 4.26. The van der Waals surface area contributed by atoms with Crippen LogP contribution in [0.25, 0.3) is 0 Å². The molecule has 0 saturated carbocycles. The lowest BCUT2D eigenvalue weighted by molar-refractivity contribution is 0.0823. The maximum atomic E-state index is 5.75. The average Bonchev–Trinajstić information content (AvgIpc) is 2.82. The molecule has 0 unspecified atom stereocenters. The lowest BCUT2D eigenvalue weighted by Crippen LogP contribution is -2.31. The number of ether oxygens (including phenoxy) is 1. The Hall–Kier alpha value is -1.74. The van der Waals surface area contributed by atoms with E-state index in [1.807, 2.05) is 12.1 Å². The molecule has 3 rings (SSSR count). The number of furan rings is 1. The smallest absolute Gasteiger partial charge is 0.142 e. The van der Waals surface area contributed by atoms with Crippen molar-refractivity contribution in [1.29, 1.82) is 0 Å². The lowest BCUT2D eigenvalue weighted by Gasteiger charge is -2.28. The Morgan fingerprint density at radius 2 is 2.24 bits per heavy atom. The molecule has 2 heterocycles. The van der Waals surface area contributed by atoms with Gasteiger partial charge in [-0.2, -0.15) is 0 Å². The van der Waals surface area contributed by atoms with E-state index in [1.165, 1.54) is 11.1 Å². The Labute approximate surface area is 101 Å². The number of benzene rings is 1. The van der Waals surface area contributed by atoms with Gasteiger partial charge in [0, 0.05) is 12.1 Å². The third-order valence-electron chi connectivity index (χ3n) is 2.98. The van der Waals surface area contributed by atoms with Crippen LogP contribution in [0.1, 0.15) is 16.9 Å². The zero-order valence-corrected chi connectivity index (χ0v) is 9.85. The first-order valence-electron chi connectivity index (χ1n) is 5.78. The summed E-state index contributed by atoms with van der Waals surface area (Å²) in [7, 11) is 0. The van der Waals surface area contributed by atoms with Gasteiger partial charge in [-0.25, -0.2) is 0 Å². The minimum atomic E-state index is 0.622. The average molecular weight is 229 g/mol. The Kier molecular flexibility index (Phi) is 2.61. The first-order chi connectivity index (χ1) is 8.31. The van der Waals surface area contributed by atoms with Crippen molar-refractivity contribution in [1.82, 2.24) is 4.90 Å². The summed E-state index contributed by atoms with van der Waals surface area (Å²) < 4.78 is 11.1. The zero-order chi connectivity index (χ0) is 11.7. The van der Waals surface area contributed by atoms with E-state index in [-0.39, 0.29) is 0 Å². The van der Waals surface area contributed by atoms with E-state index < -0.39 is 0 Å². The molecule has 0 saturated heterocycles. The molecule has 0 bridgehead atoms. The second-order valence-electron chi connectivity index (χ2n) is 4.45. The van der Waals surface area contributed by atoms with Crippen LogP contribution in [0.3, 0.4) is 0 Å². The Morgan fingerprint density at radius 3 is 3.06 bits per heavy atom. The molecule has 0 radical (unpaired) electrons. The van der Waals surface area contributed by atoms with E-state index in [9.17, 15) is 0 Å². The summed E-state index contributed by atoms with van der Waals surface area (Å²) in [6, 6.07) is 10.3. The van der Waals surface area contributed by atoms with Gasteiger partial charge in [-0.3, -0.25) is 4.90 Å². The molecule has 0 atom stereocenters. The molecule has 1 aliphatic heterocycles. The molecule has 0 spiro atoms. The van der Waals surface area contributed by atoms with Gasteiger partial charge >= 0.3 is 0 Å². The minimum Gasteiger partial charge on any atom is -0.478 e. The highest BCUT2D eigenvalue weighted by Gasteiger charge is 2.17. The fraction of sp³-hybridized carbons (Fsp3) is 0.286. The van der Waals surface area contributed by atoms with E-state index >= 15 is 0 Å². The second-order valence-corrected chi connectivity index (χ2v) is 4.45. The molecular formula is C14H15NO2. The number of hydrogen-bond donors (Lipinski definition) is 0. The van der Waals surface area contributed by atoms with Crippen LogP contribution >= 0.6 is 0 Å². The molecule has 0 aliphatic carbocycles. The molecule has 2 aromatic rings. The third kappa shape index (κ3) is 2.19. The van der Waals surface area contributed by atoms with Crippen molar-refractivity contribution in [3.63, 3.8) is 0 Å². The van der Waals surface area contributed by atoms with Crippen LogP contribution < -0.4 is 4.74 Å². The monoisotopic (exact) mass is 229 g/mol. The fourth-order valence-electron chi connectivity index (χ4n) is 2.10. The van der Waals surface area contributed by atoms with Crippen LogP contribution in [0.5, 0.6) is 5.75 Å². The maximum absolute atomic E-state index is 5.75. The minimum absolute atomic E-state index is 0.622. The van der Waals surface area contributed by atoms with Crippen LogP contribution in [-0.2, 0) is 13.1 Å². The molecule has 1 aromatic carbocycles. The summed E-state index contributed by atoms with van der Waals surface area (Å²) in [6.07, 6.45) is 1.71. The van der Waals surface area contributed by atoms with Gasteiger partial charge in [0.15, 0.2) is 0 Å². The quantitative estimate of drug-likeness (QED) is 0.791. The highest BCUT2D eigenvalue weighted by atomic mass is 16.5. The van der Waals surface area contributed by atoms with Crippen LogP contribution in [0, 0.1) is 6.92 Å². The van der Waals surface area contributed by atoms with Crippen molar-refractivity contribution < 1.29 is 9.15 Å². The van der Waals surface area contributed by atoms with Gasteiger partial charge in [-0.05, 0) is 30.7 Å². The molecule has 0 fully saturated rings. The normalized spacial score (nSPS) is 15.4. The number of hydrogen-bond acceptors (Lipinski definition) is 3. The SMILES string of the molecule is Cc1ccc2c(c1)OCN(Cc1ccco1)C2. The topological polar surface area (TPSA) is 25.6 Å². The molecule has 88 valence electrons. The molecule has 1 aromatic heterocycles. The first kappa shape index (κ1) is 10.4. The number of aryl methyl sites for hydroxylation is 1. The third-order valence-corrected chi connectivity index (χ3v) is 2.98. The predicted molar refractivity (Wildman–Crippen MR) is 64.6 cm³/mol. The number of rotatable bonds is 2. The summed E-state index contributed by atoms with van der Waals surface area (Å²) in [5.74, 6) is 1.99. The van der Waals surface area contributed by atoms with Gasteiger partial charge in [0.2, 0.25) is 0 Å². The van der Waals surface area contributed by atoms with Gasteiger partial charge < -0.3 is 9.15 Å². The Bertz CT molecular complexity index is 505. The van der Waals surface area contributed by atoms with E-state index in [4.69, 9.17) is 9.15 Å². The van der Waals surface area contributed by atoms with Crippen molar-refractivity contribution in [2.45, 2.75) is 20.0 Å². The molecule has 17 heavy (non-hydrogen) atoms. The van der Waals surface area contributed by atoms with E-state index in [1.54, 1.807) is 6.26 Å². The summed E-state index contributed by atoms with van der Waals surface area (Å²) in [5.41, 5.74) is 2.48. The predicted octanol–water partition coefficient (Wildman–Crippen LogP) is 2.94. The maximum Gasteiger partial charge on any atom is 0.142 e. The largest absolute Gasteiger partial charge is 0.478 e. The lowest BCUT2D eigenvalue weighted by atomic mass is 10.1. The summed E-state index contributed by atoms with van der Waals surface area (Å²) >= 11 is 0. The molecule has 0 amide bonds. The Morgan fingerprint density at radius 1 is 1.29 bits per heavy atom. The highest BCUT2D eigenvalue weighted by Crippen LogP contribution is 2.26. The van der Waals surface area contributed by atoms with Gasteiger partial charge in [0.1, 0.15) is 18.2 Å². The van der Waals surface area contributed by atoms with Crippen LogP contribution in [0.15, 0.2) is 41.0 Å². The molecule has 0 N–H and O–H groups in total. The Balaban J connectivity index is 1.74. The first-order valence-corrected chi connectivity index (χ1v) is 5.78. The molecule has 1 aliphatic rings. The standard InChI is InChI=1S/C14H15NO2/c1-11-4-5-12-8-15(10-17-14(12)7-11)9-13-3-2-6-16-13/h2-7H,8-10H2,1H3. The van der Waals surface area contributed by atoms with Crippen LogP contribution in [0.4, 0.5) is 0 Å². The summed E-state index contributed by atoms with van der Waals surface area (Å²) in [4.78, 5) is 2.22. The van der Waals surface area contributed by atoms with Crippen LogP contribution in [0.2, 0.25) is 0 Å². The number of nitrogens with zero attached hydrogens (tertiary/aromatic N) is 1. The van der Waals surface area contributed by atoms with E-state index in [0.717, 1.165) is 24.6 Å². The van der Waals surface area contributed by atoms with E-state index in [0.29, 0.717) is 6.73 Å². The van der Waals surface area contributed by atoms with Crippen LogP contribution in [-0.4, -0.2) is 11.6 Å². The van der Waals surface area contributed by atoms with Gasteiger partial charge in [0.05, 0.1) is 12.8 Å². The molecule has 3 nitrogen and oxygen atoms in total. The summed E-state index contributed by atoms with van der Waals surface area (Å²) in [5, 5.41) is 0. The van der Waals surface area contributed by atoms with Crippen molar-refractivity contribution in [3.05, 3.63) is 53.5 Å². The summed E-state index contributed by atoms with van der Waals surface area (Å²) in [6.45, 7) is 4.41. The van der Waals surface area contributed by atoms with Crippen molar-refractivity contribution in [3.8, 4) is 5.75 Å². The highest BCUT2D eigenvalue weighted by molar-refractivity contribution is 5.38. The van der Waals surface area contributed by atoms with Gasteiger partial charge in [0.25, 0.3) is 0 Å². The van der Waals surface area contributed by atoms with Crippen molar-refractivity contribution >= 4 is 0 Å². The van der Waals surface area contributed by atoms with E-state index in [2.05, 4.69) is 30.0 Å². The fourth-order valence-corrected chi connectivity index (χ4v) is 2.10. The van der Waals surface area contributed by atoms with Gasteiger partial charge in [-0.15, -0.1) is 0 Å². The zero-order valence-electron chi connectivity index (χ0n) is 9.85. The van der Waals surface area contributed by atoms with Crippen molar-refractivity contribution in [2.75, 3.05) is 6.73 Å². The molecular weight excluding hydrogens is 214 g/mol.